The fourth-order valence-electron chi connectivity index (χ4n) is 3.58. The van der Waals surface area contributed by atoms with Crippen LogP contribution in [-0.2, 0) is 14.8 Å². The molecule has 0 spiro atoms. The van der Waals surface area contributed by atoms with Crippen molar-refractivity contribution in [2.45, 2.75) is 50.8 Å². The Bertz CT molecular complexity index is 1140. The molecule has 2 atom stereocenters. The summed E-state index contributed by atoms with van der Waals surface area (Å²) in [5.74, 6) is -0.835. The van der Waals surface area contributed by atoms with Crippen molar-refractivity contribution in [2.75, 3.05) is 18.4 Å². The van der Waals surface area contributed by atoms with Crippen molar-refractivity contribution in [3.05, 3.63) is 58.6 Å². The summed E-state index contributed by atoms with van der Waals surface area (Å²) in [6, 6.07) is 10.3. The largest absolute Gasteiger partial charge is 0.373 e. The van der Waals surface area contributed by atoms with Gasteiger partial charge in [0.2, 0.25) is 10.0 Å². The highest BCUT2D eigenvalue weighted by Gasteiger charge is 2.32. The highest BCUT2D eigenvalue weighted by atomic mass is 35.5. The summed E-state index contributed by atoms with van der Waals surface area (Å²) in [6.45, 7) is 7.81. The molecule has 0 bridgehead atoms. The third kappa shape index (κ3) is 6.11. The summed E-state index contributed by atoms with van der Waals surface area (Å²) in [7, 11) is -3.80. The van der Waals surface area contributed by atoms with E-state index in [1.165, 1.54) is 40.7 Å². The minimum absolute atomic E-state index is 0.0209. The molecule has 0 aromatic heterocycles. The van der Waals surface area contributed by atoms with Gasteiger partial charge in [0.25, 0.3) is 11.8 Å². The van der Waals surface area contributed by atoms with Gasteiger partial charge < -0.3 is 15.4 Å². The number of carbonyl (C=O) groups excluding carboxylic acids is 2. The lowest BCUT2D eigenvalue weighted by Crippen LogP contribution is -2.48. The Labute approximate surface area is 199 Å². The van der Waals surface area contributed by atoms with Crippen LogP contribution in [0.3, 0.4) is 0 Å². The van der Waals surface area contributed by atoms with E-state index < -0.39 is 15.9 Å². The third-order valence-corrected chi connectivity index (χ3v) is 7.17. The lowest BCUT2D eigenvalue weighted by molar-refractivity contribution is -0.0440. The predicted octanol–water partition coefficient (Wildman–Crippen LogP) is 3.53. The molecule has 1 heterocycles. The van der Waals surface area contributed by atoms with E-state index in [-0.39, 0.29) is 58.4 Å². The van der Waals surface area contributed by atoms with Gasteiger partial charge in [0, 0.05) is 30.3 Å². The lowest BCUT2D eigenvalue weighted by Gasteiger charge is -2.34. The first kappa shape index (κ1) is 25.2. The average Bonchev–Trinajstić information content (AvgIpc) is 2.74. The van der Waals surface area contributed by atoms with Crippen LogP contribution in [0.25, 0.3) is 0 Å². The number of anilines is 1. The fourth-order valence-corrected chi connectivity index (χ4v) is 5.38. The Hall–Kier alpha value is -2.46. The van der Waals surface area contributed by atoms with Crippen molar-refractivity contribution in [1.82, 2.24) is 9.62 Å². The van der Waals surface area contributed by atoms with E-state index in [9.17, 15) is 18.0 Å². The van der Waals surface area contributed by atoms with Crippen LogP contribution < -0.4 is 10.6 Å². The van der Waals surface area contributed by atoms with Gasteiger partial charge >= 0.3 is 0 Å². The minimum atomic E-state index is -3.80. The van der Waals surface area contributed by atoms with Crippen LogP contribution >= 0.6 is 11.6 Å². The van der Waals surface area contributed by atoms with Crippen molar-refractivity contribution < 1.29 is 22.7 Å². The van der Waals surface area contributed by atoms with E-state index >= 15 is 0 Å². The Morgan fingerprint density at radius 2 is 1.67 bits per heavy atom. The maximum absolute atomic E-state index is 13.1. The second-order valence-corrected chi connectivity index (χ2v) is 10.7. The van der Waals surface area contributed by atoms with Crippen molar-refractivity contribution in [1.29, 1.82) is 0 Å². The molecule has 8 nitrogen and oxygen atoms in total. The molecule has 0 radical (unpaired) electrons. The third-order valence-electron chi connectivity index (χ3n) is 5.02. The number of amides is 2. The monoisotopic (exact) mass is 493 g/mol. The van der Waals surface area contributed by atoms with Crippen LogP contribution in [0.4, 0.5) is 5.69 Å². The Morgan fingerprint density at radius 3 is 2.30 bits per heavy atom. The SMILES string of the molecule is CC(C)NC(=O)c1ccc(Cl)c(NC(=O)c2cccc(S(=O)(=O)N3C[C@@H](C)O[C@@H](C)C3)c2)c1. The maximum atomic E-state index is 13.1. The van der Waals surface area contributed by atoms with E-state index in [1.807, 2.05) is 27.7 Å². The van der Waals surface area contributed by atoms with Crippen molar-refractivity contribution in [3.8, 4) is 0 Å². The molecule has 3 rings (SSSR count). The zero-order valence-corrected chi connectivity index (χ0v) is 20.5. The molecule has 0 unspecified atom stereocenters. The molecule has 1 aliphatic rings. The molecule has 2 N–H and O–H groups in total. The number of benzene rings is 2. The summed E-state index contributed by atoms with van der Waals surface area (Å²) in [6.07, 6.45) is -0.449. The number of morpholine rings is 1. The second-order valence-electron chi connectivity index (χ2n) is 8.38. The van der Waals surface area contributed by atoms with Crippen LogP contribution in [0.2, 0.25) is 5.02 Å². The Morgan fingerprint density at radius 1 is 1.03 bits per heavy atom. The van der Waals surface area contributed by atoms with Gasteiger partial charge in [-0.3, -0.25) is 9.59 Å². The topological polar surface area (TPSA) is 105 Å². The van der Waals surface area contributed by atoms with Crippen LogP contribution in [-0.4, -0.2) is 55.9 Å². The van der Waals surface area contributed by atoms with Crippen molar-refractivity contribution >= 4 is 39.1 Å². The predicted molar refractivity (Wildman–Crippen MR) is 127 cm³/mol. The summed E-state index contributed by atoms with van der Waals surface area (Å²) in [4.78, 5) is 25.2. The number of hydrogen-bond donors (Lipinski definition) is 2. The number of carbonyl (C=O) groups is 2. The Kier molecular flexibility index (Phi) is 7.79. The molecule has 33 heavy (non-hydrogen) atoms. The van der Waals surface area contributed by atoms with E-state index in [2.05, 4.69) is 10.6 Å². The highest BCUT2D eigenvalue weighted by Crippen LogP contribution is 2.25. The van der Waals surface area contributed by atoms with Gasteiger partial charge in [0.15, 0.2) is 0 Å². The number of sulfonamides is 1. The quantitative estimate of drug-likeness (QED) is 0.640. The summed E-state index contributed by atoms with van der Waals surface area (Å²) in [5.41, 5.74) is 0.746. The molecule has 1 fully saturated rings. The summed E-state index contributed by atoms with van der Waals surface area (Å²) in [5, 5.41) is 5.70. The van der Waals surface area contributed by atoms with Gasteiger partial charge in [-0.25, -0.2) is 8.42 Å². The summed E-state index contributed by atoms with van der Waals surface area (Å²) >= 11 is 6.21. The van der Waals surface area contributed by atoms with Crippen LogP contribution in [0.1, 0.15) is 48.4 Å². The number of halogens is 1. The van der Waals surface area contributed by atoms with Gasteiger partial charge in [0.05, 0.1) is 27.8 Å². The number of hydrogen-bond acceptors (Lipinski definition) is 5. The smallest absolute Gasteiger partial charge is 0.255 e. The first-order valence-electron chi connectivity index (χ1n) is 10.6. The number of ether oxygens (including phenoxy) is 1. The molecular formula is C23H28ClN3O5S. The molecule has 1 saturated heterocycles. The second kappa shape index (κ2) is 10.2. The van der Waals surface area contributed by atoms with Gasteiger partial charge in [0.1, 0.15) is 0 Å². The summed E-state index contributed by atoms with van der Waals surface area (Å²) < 4.78 is 33.3. The van der Waals surface area contributed by atoms with Gasteiger partial charge in [-0.05, 0) is 64.1 Å². The molecule has 1 aliphatic heterocycles. The molecule has 2 amide bonds. The van der Waals surface area contributed by atoms with E-state index in [4.69, 9.17) is 16.3 Å². The van der Waals surface area contributed by atoms with Crippen LogP contribution in [0.5, 0.6) is 0 Å². The standard InChI is InChI=1S/C23H28ClN3O5S/c1-14(2)25-22(28)18-8-9-20(24)21(11-18)26-23(29)17-6-5-7-19(10-17)33(30,31)27-12-15(3)32-16(4)13-27/h5-11,14-16H,12-13H2,1-4H3,(H,25,28)(H,26,29)/t15-,16+. The molecule has 10 heteroatoms. The maximum Gasteiger partial charge on any atom is 0.255 e. The number of nitrogens with zero attached hydrogens (tertiary/aromatic N) is 1. The van der Waals surface area contributed by atoms with Gasteiger partial charge in [-0.1, -0.05) is 17.7 Å². The zero-order valence-electron chi connectivity index (χ0n) is 19.0. The number of nitrogens with one attached hydrogen (secondary N) is 2. The van der Waals surface area contributed by atoms with Gasteiger partial charge in [-0.15, -0.1) is 0 Å². The molecule has 178 valence electrons. The van der Waals surface area contributed by atoms with Crippen molar-refractivity contribution in [3.63, 3.8) is 0 Å². The normalized spacial score (nSPS) is 19.3. The van der Waals surface area contributed by atoms with E-state index in [1.54, 1.807) is 6.07 Å². The molecular weight excluding hydrogens is 466 g/mol. The fraction of sp³-hybridized carbons (Fsp3) is 0.391. The number of rotatable bonds is 6. The first-order chi connectivity index (χ1) is 15.5. The lowest BCUT2D eigenvalue weighted by atomic mass is 10.1. The zero-order chi connectivity index (χ0) is 24.3. The minimum Gasteiger partial charge on any atom is -0.373 e. The van der Waals surface area contributed by atoms with E-state index in [0.29, 0.717) is 5.56 Å². The average molecular weight is 494 g/mol. The highest BCUT2D eigenvalue weighted by molar-refractivity contribution is 7.89. The van der Waals surface area contributed by atoms with Crippen LogP contribution in [0.15, 0.2) is 47.4 Å². The molecule has 0 saturated carbocycles. The molecule has 0 aliphatic carbocycles. The van der Waals surface area contributed by atoms with E-state index in [0.717, 1.165) is 0 Å². The Balaban J connectivity index is 1.82. The molecule has 2 aromatic rings. The van der Waals surface area contributed by atoms with Crippen LogP contribution in [0, 0.1) is 0 Å². The molecule has 2 aromatic carbocycles. The first-order valence-corrected chi connectivity index (χ1v) is 12.5. The van der Waals surface area contributed by atoms with Gasteiger partial charge in [-0.2, -0.15) is 4.31 Å². The van der Waals surface area contributed by atoms with Crippen molar-refractivity contribution in [2.24, 2.45) is 0 Å².